The van der Waals surface area contributed by atoms with Crippen molar-refractivity contribution in [2.75, 3.05) is 0 Å². The number of carbonyl (C=O) groups is 2. The highest BCUT2D eigenvalue weighted by atomic mass is 16.5. The molecule has 0 radical (unpaired) electrons. The van der Waals surface area contributed by atoms with Gasteiger partial charge in [-0.05, 0) is 73.6 Å². The Morgan fingerprint density at radius 2 is 2.00 bits per heavy atom. The number of amides is 2. The SMILES string of the molecule is C=C1CCC(N2Cc3cc(O[C@H]4CCCC[C@@H]4NCc4cccc(C#N)c4)ccc3C2=O)C(=O)N1. The number of hydrogen-bond donors (Lipinski definition) is 2. The molecular weight excluding hydrogens is 440 g/mol. The third-order valence-corrected chi connectivity index (χ3v) is 7.22. The molecule has 2 fully saturated rings. The Labute approximate surface area is 205 Å². The molecule has 0 spiro atoms. The Morgan fingerprint density at radius 3 is 2.83 bits per heavy atom. The predicted molar refractivity (Wildman–Crippen MR) is 131 cm³/mol. The van der Waals surface area contributed by atoms with E-state index in [0.29, 0.717) is 42.8 Å². The molecule has 2 amide bonds. The highest BCUT2D eigenvalue weighted by molar-refractivity contribution is 6.01. The first-order valence-electron chi connectivity index (χ1n) is 12.3. The fraction of sp³-hybridized carbons (Fsp3) is 0.393. The minimum atomic E-state index is -0.462. The molecule has 180 valence electrons. The molecule has 1 unspecified atom stereocenters. The number of fused-ring (bicyclic) bond motifs is 1. The summed E-state index contributed by atoms with van der Waals surface area (Å²) >= 11 is 0. The second-order valence-corrected chi connectivity index (χ2v) is 9.64. The molecule has 7 nitrogen and oxygen atoms in total. The van der Waals surface area contributed by atoms with Crippen molar-refractivity contribution >= 4 is 11.8 Å². The maximum absolute atomic E-state index is 13.0. The third-order valence-electron chi connectivity index (χ3n) is 7.22. The fourth-order valence-electron chi connectivity index (χ4n) is 5.35. The molecule has 3 atom stereocenters. The van der Waals surface area contributed by atoms with Crippen molar-refractivity contribution in [3.05, 3.63) is 77.0 Å². The number of carbonyl (C=O) groups excluding carboxylic acids is 2. The normalized spacial score (nSPS) is 24.0. The number of piperidine rings is 1. The van der Waals surface area contributed by atoms with Crippen molar-refractivity contribution in [1.82, 2.24) is 15.5 Å². The Hall–Kier alpha value is -3.63. The minimum absolute atomic E-state index is 0.0318. The van der Waals surface area contributed by atoms with Crippen molar-refractivity contribution in [3.8, 4) is 11.8 Å². The van der Waals surface area contributed by atoms with Gasteiger partial charge < -0.3 is 20.3 Å². The first-order chi connectivity index (χ1) is 17.0. The first-order valence-corrected chi connectivity index (χ1v) is 12.3. The summed E-state index contributed by atoms with van der Waals surface area (Å²) in [6.45, 7) is 4.92. The van der Waals surface area contributed by atoms with Crippen molar-refractivity contribution < 1.29 is 14.3 Å². The zero-order chi connectivity index (χ0) is 24.4. The smallest absolute Gasteiger partial charge is 0.255 e. The number of ether oxygens (including phenoxy) is 1. The van der Waals surface area contributed by atoms with Crippen LogP contribution in [0.2, 0.25) is 0 Å². The van der Waals surface area contributed by atoms with Gasteiger partial charge in [0.05, 0.1) is 11.6 Å². The Morgan fingerprint density at radius 1 is 1.14 bits per heavy atom. The fourth-order valence-corrected chi connectivity index (χ4v) is 5.35. The molecule has 35 heavy (non-hydrogen) atoms. The van der Waals surface area contributed by atoms with Gasteiger partial charge in [0.25, 0.3) is 5.91 Å². The van der Waals surface area contributed by atoms with E-state index < -0.39 is 6.04 Å². The number of nitriles is 1. The van der Waals surface area contributed by atoms with Gasteiger partial charge in [-0.2, -0.15) is 5.26 Å². The van der Waals surface area contributed by atoms with E-state index in [0.717, 1.165) is 42.6 Å². The third kappa shape index (κ3) is 4.94. The van der Waals surface area contributed by atoms with Gasteiger partial charge in [0.15, 0.2) is 0 Å². The van der Waals surface area contributed by atoms with E-state index in [1.807, 2.05) is 42.5 Å². The molecule has 0 bridgehead atoms. The van der Waals surface area contributed by atoms with Gasteiger partial charge in [-0.1, -0.05) is 25.1 Å². The van der Waals surface area contributed by atoms with Crippen LogP contribution in [0.5, 0.6) is 5.75 Å². The van der Waals surface area contributed by atoms with Crippen molar-refractivity contribution in [1.29, 1.82) is 5.26 Å². The average molecular weight is 471 g/mol. The van der Waals surface area contributed by atoms with E-state index in [1.54, 1.807) is 4.90 Å². The number of hydrogen-bond acceptors (Lipinski definition) is 5. The van der Waals surface area contributed by atoms with E-state index in [9.17, 15) is 9.59 Å². The molecule has 5 rings (SSSR count). The van der Waals surface area contributed by atoms with Crippen molar-refractivity contribution in [3.63, 3.8) is 0 Å². The van der Waals surface area contributed by atoms with E-state index in [4.69, 9.17) is 10.00 Å². The summed E-state index contributed by atoms with van der Waals surface area (Å²) in [4.78, 5) is 27.1. The van der Waals surface area contributed by atoms with Gasteiger partial charge in [0.2, 0.25) is 5.91 Å². The monoisotopic (exact) mass is 470 g/mol. The lowest BCUT2D eigenvalue weighted by molar-refractivity contribution is -0.126. The number of nitrogens with one attached hydrogen (secondary N) is 2. The van der Waals surface area contributed by atoms with Crippen LogP contribution in [-0.4, -0.2) is 34.9 Å². The molecule has 1 aliphatic carbocycles. The topological polar surface area (TPSA) is 94.5 Å². The van der Waals surface area contributed by atoms with Crippen LogP contribution in [0.4, 0.5) is 0 Å². The lowest BCUT2D eigenvalue weighted by Gasteiger charge is -2.33. The number of allylic oxidation sites excluding steroid dienone is 1. The molecule has 0 aromatic heterocycles. The first kappa shape index (κ1) is 23.1. The van der Waals surface area contributed by atoms with E-state index >= 15 is 0 Å². The van der Waals surface area contributed by atoms with Crippen LogP contribution in [0.1, 0.15) is 65.6 Å². The molecule has 2 aliphatic heterocycles. The standard InChI is InChI=1S/C28H30N4O3/c1-18-9-12-25(27(33)31-18)32-17-21-14-22(10-11-23(21)28(32)34)35-26-8-3-2-7-24(26)30-16-20-6-4-5-19(13-20)15-29/h4-6,10-11,13-14,24-26,30H,1-3,7-9,12,16-17H2,(H,31,33)/t24-,25?,26-/m0/s1. The Kier molecular flexibility index (Phi) is 6.56. The van der Waals surface area contributed by atoms with Crippen LogP contribution in [-0.2, 0) is 17.9 Å². The summed E-state index contributed by atoms with van der Waals surface area (Å²) in [5, 5.41) is 15.6. The van der Waals surface area contributed by atoms with Gasteiger partial charge in [-0.25, -0.2) is 0 Å². The Balaban J connectivity index is 1.25. The van der Waals surface area contributed by atoms with Crippen LogP contribution in [0.25, 0.3) is 0 Å². The lowest BCUT2D eigenvalue weighted by Crippen LogP contribution is -2.49. The molecule has 1 saturated heterocycles. The summed E-state index contributed by atoms with van der Waals surface area (Å²) in [7, 11) is 0. The summed E-state index contributed by atoms with van der Waals surface area (Å²) in [5.41, 5.74) is 4.00. The maximum atomic E-state index is 13.0. The van der Waals surface area contributed by atoms with Gasteiger partial charge in [0, 0.05) is 30.4 Å². The van der Waals surface area contributed by atoms with E-state index in [2.05, 4.69) is 23.3 Å². The molecule has 2 aromatic carbocycles. The number of benzene rings is 2. The van der Waals surface area contributed by atoms with Crippen molar-refractivity contribution in [2.45, 2.75) is 69.8 Å². The average Bonchev–Trinajstić information content (AvgIpc) is 3.19. The van der Waals surface area contributed by atoms with Crippen LogP contribution in [0.3, 0.4) is 0 Å². The Bertz CT molecular complexity index is 1200. The van der Waals surface area contributed by atoms with Crippen LogP contribution in [0, 0.1) is 11.3 Å². The largest absolute Gasteiger partial charge is 0.489 e. The maximum Gasteiger partial charge on any atom is 0.255 e. The summed E-state index contributed by atoms with van der Waals surface area (Å²) in [6, 6.07) is 15.2. The molecule has 1 saturated carbocycles. The molecular formula is C28H30N4O3. The van der Waals surface area contributed by atoms with Crippen LogP contribution >= 0.6 is 0 Å². The number of nitrogens with zero attached hydrogens (tertiary/aromatic N) is 2. The highest BCUT2D eigenvalue weighted by Crippen LogP contribution is 2.32. The molecule has 7 heteroatoms. The minimum Gasteiger partial charge on any atom is -0.489 e. The highest BCUT2D eigenvalue weighted by Gasteiger charge is 2.38. The van der Waals surface area contributed by atoms with Crippen LogP contribution < -0.4 is 15.4 Å². The molecule has 2 N–H and O–H groups in total. The second-order valence-electron chi connectivity index (χ2n) is 9.64. The van der Waals surface area contributed by atoms with Gasteiger partial charge >= 0.3 is 0 Å². The zero-order valence-electron chi connectivity index (χ0n) is 19.8. The van der Waals surface area contributed by atoms with E-state index in [-0.39, 0.29) is 24.0 Å². The van der Waals surface area contributed by atoms with Gasteiger partial charge in [-0.15, -0.1) is 0 Å². The van der Waals surface area contributed by atoms with Crippen LogP contribution in [0.15, 0.2) is 54.7 Å². The zero-order valence-corrected chi connectivity index (χ0v) is 19.8. The van der Waals surface area contributed by atoms with Gasteiger partial charge in [0.1, 0.15) is 17.9 Å². The molecule has 2 aromatic rings. The number of rotatable bonds is 6. The summed E-state index contributed by atoms with van der Waals surface area (Å²) in [5.74, 6) is 0.497. The van der Waals surface area contributed by atoms with Crippen molar-refractivity contribution in [2.24, 2.45) is 0 Å². The molecule has 3 aliphatic rings. The second kappa shape index (κ2) is 9.93. The molecule has 2 heterocycles. The summed E-state index contributed by atoms with van der Waals surface area (Å²) in [6.07, 6.45) is 5.57. The van der Waals surface area contributed by atoms with E-state index in [1.165, 1.54) is 0 Å². The lowest BCUT2D eigenvalue weighted by atomic mass is 9.92. The predicted octanol–water partition coefficient (Wildman–Crippen LogP) is 3.79. The summed E-state index contributed by atoms with van der Waals surface area (Å²) < 4.78 is 6.44. The quantitative estimate of drug-likeness (QED) is 0.670. The van der Waals surface area contributed by atoms with Gasteiger partial charge in [-0.3, -0.25) is 9.59 Å².